The van der Waals surface area contributed by atoms with Gasteiger partial charge in [0.05, 0.1) is 11.7 Å². The molecule has 8 heteroatoms. The van der Waals surface area contributed by atoms with Crippen molar-refractivity contribution in [1.82, 2.24) is 20.2 Å². The standard InChI is InChI=1S/C23H20N4O3S/c1-15-7-9-17(10-8-15)18-13-31-21-20(18)22(29)27(14-25-21)12-19(28)26-23(30)24-11-16-5-3-2-4-6-16/h2-10,13-14H,11-12H2,1H3,(H2,24,26,28,30). The lowest BCUT2D eigenvalue weighted by Gasteiger charge is -2.08. The molecular formula is C23H20N4O3S. The summed E-state index contributed by atoms with van der Waals surface area (Å²) >= 11 is 1.38. The number of hydrogen-bond acceptors (Lipinski definition) is 5. The van der Waals surface area contributed by atoms with Crippen LogP contribution < -0.4 is 16.2 Å². The molecular weight excluding hydrogens is 412 g/mol. The Morgan fingerprint density at radius 3 is 2.55 bits per heavy atom. The second-order valence-corrected chi connectivity index (χ2v) is 7.95. The molecule has 2 aromatic carbocycles. The summed E-state index contributed by atoms with van der Waals surface area (Å²) in [6, 6.07) is 16.6. The normalized spacial score (nSPS) is 10.7. The zero-order valence-electron chi connectivity index (χ0n) is 16.8. The Labute approximate surface area is 182 Å². The van der Waals surface area contributed by atoms with Crippen LogP contribution in [0.3, 0.4) is 0 Å². The van der Waals surface area contributed by atoms with E-state index in [0.717, 1.165) is 22.3 Å². The van der Waals surface area contributed by atoms with Crippen LogP contribution in [0.15, 0.2) is 71.1 Å². The van der Waals surface area contributed by atoms with E-state index in [9.17, 15) is 14.4 Å². The fourth-order valence-electron chi connectivity index (χ4n) is 3.17. The van der Waals surface area contributed by atoms with Gasteiger partial charge < -0.3 is 5.32 Å². The third-order valence-corrected chi connectivity index (χ3v) is 5.67. The van der Waals surface area contributed by atoms with Gasteiger partial charge in [-0.25, -0.2) is 9.78 Å². The Hall–Kier alpha value is -3.78. The number of benzene rings is 2. The number of rotatable bonds is 5. The fraction of sp³-hybridized carbons (Fsp3) is 0.130. The third kappa shape index (κ3) is 4.70. The molecule has 0 radical (unpaired) electrons. The number of carbonyl (C=O) groups is 2. The molecule has 7 nitrogen and oxygen atoms in total. The first kappa shape index (κ1) is 20.5. The molecule has 0 atom stereocenters. The molecule has 0 fully saturated rings. The van der Waals surface area contributed by atoms with Gasteiger partial charge in [-0.3, -0.25) is 19.5 Å². The number of carbonyl (C=O) groups excluding carboxylic acids is 2. The molecule has 4 rings (SSSR count). The van der Waals surface area contributed by atoms with E-state index in [1.54, 1.807) is 0 Å². The summed E-state index contributed by atoms with van der Waals surface area (Å²) in [4.78, 5) is 42.2. The second kappa shape index (κ2) is 8.93. The smallest absolute Gasteiger partial charge is 0.321 e. The molecule has 0 spiro atoms. The van der Waals surface area contributed by atoms with Crippen LogP contribution in [-0.4, -0.2) is 21.5 Å². The first-order valence-corrected chi connectivity index (χ1v) is 10.5. The van der Waals surface area contributed by atoms with Gasteiger partial charge in [0, 0.05) is 17.5 Å². The van der Waals surface area contributed by atoms with Gasteiger partial charge in [-0.15, -0.1) is 11.3 Å². The van der Waals surface area contributed by atoms with Crippen LogP contribution in [0, 0.1) is 6.92 Å². The van der Waals surface area contributed by atoms with Crippen molar-refractivity contribution in [3.63, 3.8) is 0 Å². The molecule has 2 heterocycles. The van der Waals surface area contributed by atoms with Crippen molar-refractivity contribution >= 4 is 33.5 Å². The Kier molecular flexibility index (Phi) is 5.90. The average molecular weight is 433 g/mol. The molecule has 156 valence electrons. The molecule has 0 saturated carbocycles. The predicted molar refractivity (Wildman–Crippen MR) is 121 cm³/mol. The first-order chi connectivity index (χ1) is 15.0. The summed E-state index contributed by atoms with van der Waals surface area (Å²) in [5.41, 5.74) is 3.42. The van der Waals surface area contributed by atoms with Gasteiger partial charge in [-0.1, -0.05) is 60.2 Å². The van der Waals surface area contributed by atoms with Crippen molar-refractivity contribution in [2.24, 2.45) is 0 Å². The first-order valence-electron chi connectivity index (χ1n) is 9.66. The summed E-state index contributed by atoms with van der Waals surface area (Å²) in [5.74, 6) is -0.596. The highest BCUT2D eigenvalue weighted by Gasteiger charge is 2.15. The summed E-state index contributed by atoms with van der Waals surface area (Å²) < 4.78 is 1.21. The number of nitrogens with one attached hydrogen (secondary N) is 2. The van der Waals surface area contributed by atoms with Crippen molar-refractivity contribution in [1.29, 1.82) is 0 Å². The summed E-state index contributed by atoms with van der Waals surface area (Å²) in [5, 5.41) is 7.23. The van der Waals surface area contributed by atoms with Crippen LogP contribution in [0.5, 0.6) is 0 Å². The number of amides is 3. The van der Waals surface area contributed by atoms with Gasteiger partial charge >= 0.3 is 6.03 Å². The van der Waals surface area contributed by atoms with Crippen molar-refractivity contribution in [2.45, 2.75) is 20.0 Å². The Morgan fingerprint density at radius 1 is 1.06 bits per heavy atom. The predicted octanol–water partition coefficient (Wildman–Crippen LogP) is 3.46. The summed E-state index contributed by atoms with van der Waals surface area (Å²) in [6.07, 6.45) is 1.33. The van der Waals surface area contributed by atoms with E-state index >= 15 is 0 Å². The van der Waals surface area contributed by atoms with Crippen molar-refractivity contribution in [3.8, 4) is 11.1 Å². The van der Waals surface area contributed by atoms with Crippen molar-refractivity contribution in [3.05, 3.63) is 87.8 Å². The van der Waals surface area contributed by atoms with E-state index in [1.165, 1.54) is 22.2 Å². The van der Waals surface area contributed by atoms with Gasteiger partial charge in [0.2, 0.25) is 5.91 Å². The second-order valence-electron chi connectivity index (χ2n) is 7.09. The highest BCUT2D eigenvalue weighted by molar-refractivity contribution is 7.17. The highest BCUT2D eigenvalue weighted by atomic mass is 32.1. The van der Waals surface area contributed by atoms with Gasteiger partial charge in [-0.2, -0.15) is 0 Å². The number of nitrogens with zero attached hydrogens (tertiary/aromatic N) is 2. The number of aryl methyl sites for hydroxylation is 1. The van der Waals surface area contributed by atoms with E-state index in [2.05, 4.69) is 15.6 Å². The van der Waals surface area contributed by atoms with Crippen LogP contribution >= 0.6 is 11.3 Å². The highest BCUT2D eigenvalue weighted by Crippen LogP contribution is 2.30. The lowest BCUT2D eigenvalue weighted by Crippen LogP contribution is -2.41. The zero-order valence-corrected chi connectivity index (χ0v) is 17.6. The molecule has 0 unspecified atom stereocenters. The quantitative estimate of drug-likeness (QED) is 0.505. The minimum absolute atomic E-state index is 0.294. The number of thiophene rings is 1. The fourth-order valence-corrected chi connectivity index (χ4v) is 4.08. The molecule has 2 aromatic heterocycles. The monoisotopic (exact) mass is 432 g/mol. The van der Waals surface area contributed by atoms with Crippen LogP contribution in [0.25, 0.3) is 21.3 Å². The molecule has 0 saturated heterocycles. The zero-order chi connectivity index (χ0) is 21.8. The molecule has 0 aliphatic heterocycles. The van der Waals surface area contributed by atoms with E-state index < -0.39 is 11.9 Å². The van der Waals surface area contributed by atoms with Gasteiger partial charge in [0.1, 0.15) is 11.4 Å². The van der Waals surface area contributed by atoms with Crippen LogP contribution in [-0.2, 0) is 17.9 Å². The lowest BCUT2D eigenvalue weighted by molar-refractivity contribution is -0.120. The minimum Gasteiger partial charge on any atom is -0.334 e. The number of imide groups is 1. The summed E-state index contributed by atoms with van der Waals surface area (Å²) in [7, 11) is 0. The Morgan fingerprint density at radius 2 is 1.81 bits per heavy atom. The largest absolute Gasteiger partial charge is 0.334 e. The van der Waals surface area contributed by atoms with E-state index in [1.807, 2.05) is 66.9 Å². The van der Waals surface area contributed by atoms with Crippen LogP contribution in [0.4, 0.5) is 4.79 Å². The van der Waals surface area contributed by atoms with Gasteiger partial charge in [0.15, 0.2) is 0 Å². The lowest BCUT2D eigenvalue weighted by atomic mass is 10.1. The van der Waals surface area contributed by atoms with E-state index in [-0.39, 0.29) is 12.1 Å². The molecule has 31 heavy (non-hydrogen) atoms. The molecule has 2 N–H and O–H groups in total. The SMILES string of the molecule is Cc1ccc(-c2csc3ncn(CC(=O)NC(=O)NCc4ccccc4)c(=O)c23)cc1. The molecule has 3 amide bonds. The molecule has 0 aliphatic rings. The number of fused-ring (bicyclic) bond motifs is 1. The molecule has 4 aromatic rings. The van der Waals surface area contributed by atoms with Gasteiger partial charge in [0.25, 0.3) is 5.56 Å². The van der Waals surface area contributed by atoms with Crippen LogP contribution in [0.1, 0.15) is 11.1 Å². The van der Waals surface area contributed by atoms with E-state index in [4.69, 9.17) is 0 Å². The molecule has 0 bridgehead atoms. The molecule has 0 aliphatic carbocycles. The summed E-state index contributed by atoms with van der Waals surface area (Å²) in [6.45, 7) is 1.99. The third-order valence-electron chi connectivity index (χ3n) is 4.79. The average Bonchev–Trinajstić information content (AvgIpc) is 3.20. The van der Waals surface area contributed by atoms with Gasteiger partial charge in [-0.05, 0) is 18.1 Å². The number of urea groups is 1. The minimum atomic E-state index is -0.619. The Bertz CT molecular complexity index is 1290. The van der Waals surface area contributed by atoms with Crippen molar-refractivity contribution in [2.75, 3.05) is 0 Å². The number of hydrogen-bond donors (Lipinski definition) is 2. The number of aromatic nitrogens is 2. The maximum Gasteiger partial charge on any atom is 0.321 e. The topological polar surface area (TPSA) is 93.1 Å². The Balaban J connectivity index is 1.48. The van der Waals surface area contributed by atoms with Crippen molar-refractivity contribution < 1.29 is 9.59 Å². The maximum atomic E-state index is 13.0. The van der Waals surface area contributed by atoms with Crippen LogP contribution in [0.2, 0.25) is 0 Å². The van der Waals surface area contributed by atoms with E-state index in [0.29, 0.717) is 16.8 Å². The maximum absolute atomic E-state index is 13.0.